The topological polar surface area (TPSA) is 43.4 Å². The van der Waals surface area contributed by atoms with Crippen molar-refractivity contribution in [2.24, 2.45) is 0 Å². The summed E-state index contributed by atoms with van der Waals surface area (Å²) in [7, 11) is 0. The summed E-state index contributed by atoms with van der Waals surface area (Å²) in [6, 6.07) is 7.31. The molecule has 0 aliphatic heterocycles. The van der Waals surface area contributed by atoms with Gasteiger partial charge in [-0.2, -0.15) is 26.3 Å². The highest BCUT2D eigenvalue weighted by Gasteiger charge is 2.45. The molecular weight excluding hydrogens is 338 g/mol. The number of ketones is 1. The minimum Gasteiger partial charge on any atom is -0.444 e. The second kappa shape index (κ2) is 7.03. The van der Waals surface area contributed by atoms with Crippen LogP contribution in [0.2, 0.25) is 0 Å². The quantitative estimate of drug-likeness (QED) is 0.353. The monoisotopic (exact) mass is 346 g/mol. The molecule has 0 aliphatic carbocycles. The van der Waals surface area contributed by atoms with E-state index in [0.29, 0.717) is 11.8 Å². The Kier molecular flexibility index (Phi) is 5.86. The Morgan fingerprint density at radius 1 is 1.00 bits per heavy atom. The van der Waals surface area contributed by atoms with Crippen LogP contribution in [0.15, 0.2) is 35.2 Å². The van der Waals surface area contributed by atoms with E-state index in [0.717, 1.165) is 0 Å². The average molecular weight is 346 g/mol. The number of hydrogen-bond donors (Lipinski definition) is 0. The van der Waals surface area contributed by atoms with Crippen molar-refractivity contribution < 1.29 is 40.7 Å². The van der Waals surface area contributed by atoms with Crippen LogP contribution in [-0.4, -0.2) is 29.5 Å². The number of thioether (sulfide) groups is 1. The molecule has 1 aromatic carbocycles. The van der Waals surface area contributed by atoms with Gasteiger partial charge in [0.15, 0.2) is 5.44 Å². The van der Waals surface area contributed by atoms with Gasteiger partial charge in [-0.25, -0.2) is 4.79 Å². The fourth-order valence-electron chi connectivity index (χ4n) is 1.21. The molecule has 1 rings (SSSR count). The molecule has 0 aromatic heterocycles. The maximum Gasteiger partial charge on any atom is 0.490 e. The van der Waals surface area contributed by atoms with Gasteiger partial charge >= 0.3 is 18.3 Å². The van der Waals surface area contributed by atoms with Crippen LogP contribution in [0.1, 0.15) is 6.42 Å². The maximum atomic E-state index is 12.2. The third kappa shape index (κ3) is 5.96. The zero-order chi connectivity index (χ0) is 17.0. The molecule has 122 valence electrons. The molecule has 0 bridgehead atoms. The van der Waals surface area contributed by atoms with Crippen molar-refractivity contribution in [2.75, 3.05) is 0 Å². The van der Waals surface area contributed by atoms with Crippen molar-refractivity contribution in [3.05, 3.63) is 30.3 Å². The summed E-state index contributed by atoms with van der Waals surface area (Å²) in [6.07, 6.45) is -12.0. The standard InChI is InChI=1S/C12H8F6O3S/c13-11(14,15)8(19)6-9(21-10(20)12(16,17)18)22-7-4-2-1-3-5-7/h1-5,9H,6H2. The van der Waals surface area contributed by atoms with E-state index in [1.165, 1.54) is 24.3 Å². The third-order valence-corrected chi connectivity index (χ3v) is 3.22. The number of alkyl halides is 6. The van der Waals surface area contributed by atoms with E-state index in [1.54, 1.807) is 6.07 Å². The smallest absolute Gasteiger partial charge is 0.444 e. The van der Waals surface area contributed by atoms with Gasteiger partial charge in [-0.15, -0.1) is 0 Å². The highest BCUT2D eigenvalue weighted by molar-refractivity contribution is 7.99. The maximum absolute atomic E-state index is 12.2. The molecule has 22 heavy (non-hydrogen) atoms. The molecule has 0 fully saturated rings. The highest BCUT2D eigenvalue weighted by atomic mass is 32.2. The van der Waals surface area contributed by atoms with Crippen molar-refractivity contribution in [2.45, 2.75) is 29.1 Å². The normalized spacial score (nSPS) is 13.5. The van der Waals surface area contributed by atoms with Crippen LogP contribution in [0.4, 0.5) is 26.3 Å². The Labute approximate surface area is 124 Å². The van der Waals surface area contributed by atoms with Gasteiger partial charge in [0, 0.05) is 4.90 Å². The lowest BCUT2D eigenvalue weighted by atomic mass is 10.3. The molecule has 1 unspecified atom stereocenters. The van der Waals surface area contributed by atoms with Crippen LogP contribution in [0.5, 0.6) is 0 Å². The summed E-state index contributed by atoms with van der Waals surface area (Å²) in [5.41, 5.74) is -1.94. The molecular formula is C12H8F6O3S. The van der Waals surface area contributed by atoms with Gasteiger partial charge in [-0.1, -0.05) is 30.0 Å². The van der Waals surface area contributed by atoms with Gasteiger partial charge in [0.2, 0.25) is 5.78 Å². The highest BCUT2D eigenvalue weighted by Crippen LogP contribution is 2.31. The SMILES string of the molecule is O=C(CC(OC(=O)C(F)(F)F)Sc1ccccc1)C(F)(F)F. The third-order valence-electron chi connectivity index (χ3n) is 2.15. The average Bonchev–Trinajstić information content (AvgIpc) is 2.37. The number of rotatable bonds is 5. The van der Waals surface area contributed by atoms with E-state index in [2.05, 4.69) is 4.74 Å². The molecule has 0 N–H and O–H groups in total. The van der Waals surface area contributed by atoms with Gasteiger partial charge < -0.3 is 4.74 Å². The number of halogens is 6. The summed E-state index contributed by atoms with van der Waals surface area (Å²) in [6.45, 7) is 0. The number of carbonyl (C=O) groups is 2. The predicted octanol–water partition coefficient (Wildman–Crippen LogP) is 3.73. The van der Waals surface area contributed by atoms with Crippen molar-refractivity contribution >= 4 is 23.5 Å². The fraction of sp³-hybridized carbons (Fsp3) is 0.333. The van der Waals surface area contributed by atoms with Gasteiger partial charge in [0.25, 0.3) is 0 Å². The van der Waals surface area contributed by atoms with Crippen LogP contribution >= 0.6 is 11.8 Å². The molecule has 0 saturated carbocycles. The molecule has 3 nitrogen and oxygen atoms in total. The van der Waals surface area contributed by atoms with Crippen molar-refractivity contribution in [1.82, 2.24) is 0 Å². The van der Waals surface area contributed by atoms with Crippen LogP contribution < -0.4 is 0 Å². The minimum absolute atomic E-state index is 0.248. The van der Waals surface area contributed by atoms with Crippen molar-refractivity contribution in [1.29, 1.82) is 0 Å². The predicted molar refractivity (Wildman–Crippen MR) is 63.9 cm³/mol. The largest absolute Gasteiger partial charge is 0.490 e. The number of carbonyl (C=O) groups excluding carboxylic acids is 2. The van der Waals surface area contributed by atoms with Crippen LogP contribution in [-0.2, 0) is 14.3 Å². The number of esters is 1. The van der Waals surface area contributed by atoms with Crippen molar-refractivity contribution in [3.8, 4) is 0 Å². The first-order valence-electron chi connectivity index (χ1n) is 5.59. The Morgan fingerprint density at radius 3 is 2.00 bits per heavy atom. The first kappa shape index (κ1) is 18.3. The van der Waals surface area contributed by atoms with Crippen molar-refractivity contribution in [3.63, 3.8) is 0 Å². The van der Waals surface area contributed by atoms with E-state index >= 15 is 0 Å². The van der Waals surface area contributed by atoms with Gasteiger partial charge in [-0.05, 0) is 12.1 Å². The fourth-order valence-corrected chi connectivity index (χ4v) is 2.20. The lowest BCUT2D eigenvalue weighted by Crippen LogP contribution is -2.32. The first-order chi connectivity index (χ1) is 10.00. The Hall–Kier alpha value is -1.71. The minimum atomic E-state index is -5.36. The zero-order valence-corrected chi connectivity index (χ0v) is 11.4. The molecule has 0 amide bonds. The molecule has 0 spiro atoms. The molecule has 1 aromatic rings. The van der Waals surface area contributed by atoms with E-state index in [4.69, 9.17) is 0 Å². The number of hydrogen-bond acceptors (Lipinski definition) is 4. The van der Waals surface area contributed by atoms with E-state index in [1.807, 2.05) is 0 Å². The first-order valence-corrected chi connectivity index (χ1v) is 6.47. The molecule has 0 heterocycles. The van der Waals surface area contributed by atoms with Crippen LogP contribution in [0.25, 0.3) is 0 Å². The Bertz CT molecular complexity index is 498. The summed E-state index contributed by atoms with van der Waals surface area (Å²) in [5, 5.41) is 0. The lowest BCUT2D eigenvalue weighted by Gasteiger charge is -2.18. The van der Waals surface area contributed by atoms with E-state index in [-0.39, 0.29) is 4.90 Å². The summed E-state index contributed by atoms with van der Waals surface area (Å²) in [5.74, 6) is -4.94. The summed E-state index contributed by atoms with van der Waals surface area (Å²) < 4.78 is 76.9. The summed E-state index contributed by atoms with van der Waals surface area (Å²) >= 11 is 0.414. The zero-order valence-electron chi connectivity index (χ0n) is 10.6. The number of Topliss-reactive ketones (excluding diaryl/α,β-unsaturated/α-hetero) is 1. The second-order valence-electron chi connectivity index (χ2n) is 3.89. The second-order valence-corrected chi connectivity index (χ2v) is 5.12. The molecule has 0 saturated heterocycles. The number of ether oxygens (including phenoxy) is 1. The van der Waals surface area contributed by atoms with Gasteiger partial charge in [-0.3, -0.25) is 4.79 Å². The van der Waals surface area contributed by atoms with Crippen LogP contribution in [0.3, 0.4) is 0 Å². The Morgan fingerprint density at radius 2 is 1.55 bits per heavy atom. The van der Waals surface area contributed by atoms with E-state index < -0.39 is 36.0 Å². The number of benzene rings is 1. The molecule has 10 heteroatoms. The molecule has 0 aliphatic rings. The van der Waals surface area contributed by atoms with Crippen LogP contribution in [0, 0.1) is 0 Å². The molecule has 0 radical (unpaired) electrons. The van der Waals surface area contributed by atoms with Gasteiger partial charge in [0.1, 0.15) is 0 Å². The van der Waals surface area contributed by atoms with E-state index in [9.17, 15) is 35.9 Å². The van der Waals surface area contributed by atoms with Gasteiger partial charge in [0.05, 0.1) is 6.42 Å². The lowest BCUT2D eigenvalue weighted by molar-refractivity contribution is -0.202. The molecule has 1 atom stereocenters. The Balaban J connectivity index is 2.85. The summed E-state index contributed by atoms with van der Waals surface area (Å²) in [4.78, 5) is 21.9.